The summed E-state index contributed by atoms with van der Waals surface area (Å²) < 4.78 is 5.77. The van der Waals surface area contributed by atoms with Gasteiger partial charge in [-0.05, 0) is 95.4 Å². The first-order chi connectivity index (χ1) is 46.0. The van der Waals surface area contributed by atoms with E-state index in [0.717, 1.165) is 87.6 Å². The number of benzene rings is 12. The van der Waals surface area contributed by atoms with Gasteiger partial charge in [0.25, 0.3) is 0 Å². The Morgan fingerprint density at radius 1 is 0.280 bits per heavy atom. The first-order valence-electron chi connectivity index (χ1n) is 30.5. The molecule has 0 fully saturated rings. The van der Waals surface area contributed by atoms with E-state index in [-0.39, 0.29) is 0 Å². The lowest BCUT2D eigenvalue weighted by Gasteiger charge is -2.12. The van der Waals surface area contributed by atoms with Crippen LogP contribution in [0.25, 0.3) is 149 Å². The molecule has 0 amide bonds. The number of halogens is 1. The number of thiazole rings is 2. The number of hydrogen-bond acceptors (Lipinski definition) is 10. The minimum Gasteiger partial charge on any atom is -0.309 e. The molecule has 12 heteroatoms. The van der Waals surface area contributed by atoms with Crippen LogP contribution in [0, 0.1) is 0 Å². The van der Waals surface area contributed by atoms with Crippen molar-refractivity contribution in [2.24, 2.45) is 0 Å². The van der Waals surface area contributed by atoms with Crippen molar-refractivity contribution in [2.75, 3.05) is 0 Å². The van der Waals surface area contributed by atoms with Crippen LogP contribution in [-0.4, -0.2) is 44.4 Å². The van der Waals surface area contributed by atoms with Crippen molar-refractivity contribution in [1.29, 1.82) is 0 Å². The van der Waals surface area contributed by atoms with Gasteiger partial charge in [0.15, 0.2) is 34.9 Å². The number of aromatic nitrogens is 9. The lowest BCUT2D eigenvalue weighted by atomic mass is 10.0. The molecule has 0 spiro atoms. The first-order valence-corrected chi connectivity index (χ1v) is 33.0. The summed E-state index contributed by atoms with van der Waals surface area (Å²) in [6, 6.07) is 104. The molecule has 17 aromatic rings. The molecule has 18 rings (SSSR count). The summed E-state index contributed by atoms with van der Waals surface area (Å²) >= 11 is 7.01. The minimum absolute atomic E-state index is 0.630. The van der Waals surface area contributed by atoms with E-state index in [0.29, 0.717) is 34.9 Å². The maximum absolute atomic E-state index is 4.98. The fraction of sp³-hybridized carbons (Fsp3) is 0.0123. The topological polar surface area (TPSA) is 108 Å². The summed E-state index contributed by atoms with van der Waals surface area (Å²) in [6.07, 6.45) is 1.03. The minimum atomic E-state index is 0.630. The second-order valence-electron chi connectivity index (χ2n) is 22.4. The Bertz CT molecular complexity index is 5400. The second kappa shape index (κ2) is 25.2. The third kappa shape index (κ3) is 11.7. The summed E-state index contributed by atoms with van der Waals surface area (Å²) in [6.45, 7) is 0. The van der Waals surface area contributed by atoms with Crippen molar-refractivity contribution in [1.82, 2.24) is 44.4 Å². The molecule has 440 valence electrons. The van der Waals surface area contributed by atoms with E-state index in [4.69, 9.17) is 34.9 Å². The van der Waals surface area contributed by atoms with Gasteiger partial charge in [-0.3, -0.25) is 0 Å². The van der Waals surface area contributed by atoms with E-state index in [1.165, 1.54) is 48.0 Å². The smallest absolute Gasteiger partial charge is 0.164 e. The Hall–Kier alpha value is -11.3. The highest BCUT2D eigenvalue weighted by Crippen LogP contribution is 2.41. The SMILES string of the molecule is Brc1cccc(-c2nc(-c3ccccc3)nc(-c3ccccc3)n2)c1.c1ccc(-c2nc(-c3ccccc3)nc(-c3cccc(-n4c5ccccc5c5ccc(-c6nc7ccccc7s6)cc54)c3)n2)cc1.c1ccc2c(c1)Cc1cc(-c3nc4ccccc4s3)ccc1-2. The van der Waals surface area contributed by atoms with E-state index in [1.807, 2.05) is 158 Å². The number of nitrogens with zero attached hydrogens (tertiary/aromatic N) is 9. The molecule has 9 nitrogen and oxygen atoms in total. The molecule has 0 aliphatic heterocycles. The molecule has 0 N–H and O–H groups in total. The van der Waals surface area contributed by atoms with Gasteiger partial charge in [-0.25, -0.2) is 39.9 Å². The number of hydrogen-bond donors (Lipinski definition) is 0. The monoisotopic (exact) mass is 1290 g/mol. The Labute approximate surface area is 553 Å². The zero-order valence-electron chi connectivity index (χ0n) is 49.8. The fourth-order valence-electron chi connectivity index (χ4n) is 11.9. The molecular formula is C81H52BrN9S2. The molecule has 0 radical (unpaired) electrons. The van der Waals surface area contributed by atoms with Gasteiger partial charge in [0.1, 0.15) is 10.0 Å². The van der Waals surface area contributed by atoms with Gasteiger partial charge in [-0.1, -0.05) is 253 Å². The van der Waals surface area contributed by atoms with Crippen molar-refractivity contribution in [3.05, 3.63) is 319 Å². The lowest BCUT2D eigenvalue weighted by molar-refractivity contribution is 1.07. The van der Waals surface area contributed by atoms with Crippen LogP contribution in [0.15, 0.2) is 308 Å². The van der Waals surface area contributed by atoms with Gasteiger partial charge < -0.3 is 4.57 Å². The van der Waals surface area contributed by atoms with E-state index in [9.17, 15) is 0 Å². The third-order valence-electron chi connectivity index (χ3n) is 16.4. The van der Waals surface area contributed by atoms with Crippen LogP contribution in [-0.2, 0) is 6.42 Å². The van der Waals surface area contributed by atoms with E-state index >= 15 is 0 Å². The lowest BCUT2D eigenvalue weighted by Crippen LogP contribution is -2.01. The average molecular weight is 1300 g/mol. The maximum atomic E-state index is 4.98. The van der Waals surface area contributed by atoms with Crippen molar-refractivity contribution < 1.29 is 0 Å². The zero-order chi connectivity index (χ0) is 62.0. The average Bonchev–Trinajstić information content (AvgIpc) is 2.07. The molecule has 12 aromatic carbocycles. The Morgan fingerprint density at radius 3 is 1.25 bits per heavy atom. The van der Waals surface area contributed by atoms with Gasteiger partial charge in [-0.2, -0.15) is 0 Å². The number of rotatable bonds is 9. The van der Waals surface area contributed by atoms with Crippen molar-refractivity contribution >= 4 is 80.8 Å². The van der Waals surface area contributed by atoms with E-state index in [2.05, 4.69) is 171 Å². The second-order valence-corrected chi connectivity index (χ2v) is 25.4. The van der Waals surface area contributed by atoms with Crippen LogP contribution in [0.3, 0.4) is 0 Å². The standard InChI is InChI=1S/C40H25N5S.C21H14BrN3.C20H13NS/c1-3-12-26(13-4-1)37-42-38(27-14-5-2-6-15-27)44-39(43-37)28-16-11-17-30(24-28)45-34-20-9-7-18-31(34)32-23-22-29(25-35(32)45)40-41-33-19-8-10-21-36(33)46-40;22-18-13-7-12-17(14-18)21-24-19(15-8-3-1-4-9-15)23-20(25-21)16-10-5-2-6-11-16;1-2-6-16-13(5-1)11-15-12-14(9-10-17(15)16)20-21-18-7-3-4-8-19(18)22-20/h1-25H;1-14H;1-10,12H,11H2. The molecular weight excluding hydrogens is 1240 g/mol. The highest BCUT2D eigenvalue weighted by Gasteiger charge is 2.21. The van der Waals surface area contributed by atoms with Gasteiger partial charge >= 0.3 is 0 Å². The molecule has 5 heterocycles. The van der Waals surface area contributed by atoms with Crippen molar-refractivity contribution in [3.63, 3.8) is 0 Å². The van der Waals surface area contributed by atoms with Gasteiger partial charge in [0, 0.05) is 65.4 Å². The van der Waals surface area contributed by atoms with Crippen LogP contribution < -0.4 is 0 Å². The summed E-state index contributed by atoms with van der Waals surface area (Å²) in [7, 11) is 0. The van der Waals surface area contributed by atoms with Crippen LogP contribution in [0.2, 0.25) is 0 Å². The molecule has 0 saturated heterocycles. The molecule has 5 aromatic heterocycles. The third-order valence-corrected chi connectivity index (χ3v) is 19.1. The summed E-state index contributed by atoms with van der Waals surface area (Å²) in [5, 5.41) is 4.53. The molecule has 0 atom stereocenters. The molecule has 0 unspecified atom stereocenters. The number of fused-ring (bicyclic) bond motifs is 8. The Balaban J connectivity index is 0.000000122. The highest BCUT2D eigenvalue weighted by molar-refractivity contribution is 9.10. The zero-order valence-corrected chi connectivity index (χ0v) is 53.0. The number of para-hydroxylation sites is 3. The van der Waals surface area contributed by atoms with Crippen LogP contribution in [0.5, 0.6) is 0 Å². The van der Waals surface area contributed by atoms with Crippen LogP contribution in [0.1, 0.15) is 11.1 Å². The summed E-state index contributed by atoms with van der Waals surface area (Å²) in [5.41, 5.74) is 19.1. The van der Waals surface area contributed by atoms with Gasteiger partial charge in [-0.15, -0.1) is 22.7 Å². The molecule has 1 aliphatic rings. The van der Waals surface area contributed by atoms with Crippen molar-refractivity contribution in [3.8, 4) is 106 Å². The van der Waals surface area contributed by atoms with Crippen molar-refractivity contribution in [2.45, 2.75) is 6.42 Å². The van der Waals surface area contributed by atoms with Gasteiger partial charge in [0.05, 0.1) is 31.5 Å². The van der Waals surface area contributed by atoms with Gasteiger partial charge in [0.2, 0.25) is 0 Å². The fourth-order valence-corrected chi connectivity index (χ4v) is 14.3. The largest absolute Gasteiger partial charge is 0.309 e. The normalized spacial score (nSPS) is 11.5. The van der Waals surface area contributed by atoms with E-state index < -0.39 is 0 Å². The quantitative estimate of drug-likeness (QED) is 0.141. The summed E-state index contributed by atoms with van der Waals surface area (Å²) in [5.74, 6) is 3.92. The van der Waals surface area contributed by atoms with Crippen LogP contribution >= 0.6 is 38.6 Å². The van der Waals surface area contributed by atoms with Crippen LogP contribution in [0.4, 0.5) is 0 Å². The first kappa shape index (κ1) is 56.9. The summed E-state index contributed by atoms with van der Waals surface area (Å²) in [4.78, 5) is 38.7. The highest BCUT2D eigenvalue weighted by atomic mass is 79.9. The Morgan fingerprint density at radius 2 is 0.699 bits per heavy atom. The molecule has 93 heavy (non-hydrogen) atoms. The Kier molecular flexibility index (Phi) is 15.4. The maximum Gasteiger partial charge on any atom is 0.164 e. The van der Waals surface area contributed by atoms with E-state index in [1.54, 1.807) is 22.7 Å². The molecule has 1 aliphatic carbocycles. The molecule has 0 bridgehead atoms. The molecule has 0 saturated carbocycles. The predicted molar refractivity (Wildman–Crippen MR) is 386 cm³/mol. The predicted octanol–water partition coefficient (Wildman–Crippen LogP) is 21.4.